The van der Waals surface area contributed by atoms with E-state index in [2.05, 4.69) is 27.6 Å². The Morgan fingerprint density at radius 3 is 2.65 bits per heavy atom. The maximum atomic E-state index is 10.7. The minimum atomic E-state index is -0.413. The van der Waals surface area contributed by atoms with Gasteiger partial charge in [0, 0.05) is 30.0 Å². The molecule has 136 valence electrons. The molecule has 1 aliphatic heterocycles. The summed E-state index contributed by atoms with van der Waals surface area (Å²) < 4.78 is 12.7. The SMILES string of the molecule is CCOc1cc(C2=NCCS2)cc(I)c1OCc1ccc([N+](=O)[O-])cc1. The van der Waals surface area contributed by atoms with Crippen LogP contribution in [-0.4, -0.2) is 28.9 Å². The molecule has 0 saturated carbocycles. The summed E-state index contributed by atoms with van der Waals surface area (Å²) in [5, 5.41) is 11.8. The number of nitro benzene ring substituents is 1. The van der Waals surface area contributed by atoms with Crippen molar-refractivity contribution in [3.8, 4) is 11.5 Å². The lowest BCUT2D eigenvalue weighted by Gasteiger charge is -2.15. The van der Waals surface area contributed by atoms with Gasteiger partial charge < -0.3 is 9.47 Å². The number of hydrogen-bond acceptors (Lipinski definition) is 6. The van der Waals surface area contributed by atoms with Gasteiger partial charge in [0.1, 0.15) is 6.61 Å². The van der Waals surface area contributed by atoms with Gasteiger partial charge in [0.2, 0.25) is 0 Å². The van der Waals surface area contributed by atoms with Crippen molar-refractivity contribution in [2.75, 3.05) is 18.9 Å². The largest absolute Gasteiger partial charge is 0.490 e. The van der Waals surface area contributed by atoms with Gasteiger partial charge in [-0.1, -0.05) is 0 Å². The minimum Gasteiger partial charge on any atom is -0.490 e. The molecule has 2 aromatic carbocycles. The first-order valence-corrected chi connectivity index (χ1v) is 10.1. The summed E-state index contributed by atoms with van der Waals surface area (Å²) in [6.45, 7) is 3.62. The van der Waals surface area contributed by atoms with Crippen LogP contribution in [0, 0.1) is 13.7 Å². The van der Waals surface area contributed by atoms with Gasteiger partial charge in [-0.2, -0.15) is 0 Å². The molecule has 0 atom stereocenters. The monoisotopic (exact) mass is 484 g/mol. The second-order valence-corrected chi connectivity index (χ2v) is 7.71. The molecule has 26 heavy (non-hydrogen) atoms. The van der Waals surface area contributed by atoms with E-state index in [1.54, 1.807) is 23.9 Å². The molecule has 2 aromatic rings. The highest BCUT2D eigenvalue weighted by atomic mass is 127. The van der Waals surface area contributed by atoms with E-state index in [9.17, 15) is 10.1 Å². The third-order valence-corrected chi connectivity index (χ3v) is 5.50. The van der Waals surface area contributed by atoms with E-state index in [0.717, 1.165) is 32.0 Å². The van der Waals surface area contributed by atoms with Crippen LogP contribution in [-0.2, 0) is 6.61 Å². The van der Waals surface area contributed by atoms with Gasteiger partial charge in [-0.05, 0) is 59.3 Å². The van der Waals surface area contributed by atoms with Crippen LogP contribution in [0.1, 0.15) is 18.1 Å². The lowest BCUT2D eigenvalue weighted by atomic mass is 10.2. The molecule has 1 aliphatic rings. The molecule has 0 saturated heterocycles. The summed E-state index contributed by atoms with van der Waals surface area (Å²) in [7, 11) is 0. The Bertz CT molecular complexity index is 840. The van der Waals surface area contributed by atoms with Crippen LogP contribution >= 0.6 is 34.4 Å². The molecule has 0 aromatic heterocycles. The lowest BCUT2D eigenvalue weighted by molar-refractivity contribution is -0.384. The average molecular weight is 484 g/mol. The van der Waals surface area contributed by atoms with E-state index >= 15 is 0 Å². The van der Waals surface area contributed by atoms with E-state index in [1.165, 1.54) is 12.1 Å². The molecule has 0 spiro atoms. The molecule has 8 heteroatoms. The maximum absolute atomic E-state index is 10.7. The summed E-state index contributed by atoms with van der Waals surface area (Å²) in [4.78, 5) is 14.8. The van der Waals surface area contributed by atoms with Crippen molar-refractivity contribution in [2.45, 2.75) is 13.5 Å². The Labute approximate surface area is 169 Å². The summed E-state index contributed by atoms with van der Waals surface area (Å²) in [5.74, 6) is 2.37. The number of hydrogen-bond donors (Lipinski definition) is 0. The van der Waals surface area contributed by atoms with Crippen molar-refractivity contribution < 1.29 is 14.4 Å². The van der Waals surface area contributed by atoms with E-state index in [0.29, 0.717) is 24.7 Å². The average Bonchev–Trinajstić information content (AvgIpc) is 3.16. The third kappa shape index (κ3) is 4.47. The van der Waals surface area contributed by atoms with Crippen LogP contribution in [0.4, 0.5) is 5.69 Å². The zero-order valence-electron chi connectivity index (χ0n) is 14.1. The summed E-state index contributed by atoms with van der Waals surface area (Å²) >= 11 is 3.98. The zero-order valence-corrected chi connectivity index (χ0v) is 17.1. The van der Waals surface area contributed by atoms with E-state index < -0.39 is 4.92 Å². The molecule has 1 heterocycles. The molecule has 0 amide bonds. The number of ether oxygens (including phenoxy) is 2. The molecule has 0 N–H and O–H groups in total. The van der Waals surface area contributed by atoms with Gasteiger partial charge in [0.05, 0.1) is 20.1 Å². The second kappa shape index (κ2) is 8.72. The summed E-state index contributed by atoms with van der Waals surface area (Å²) in [5.41, 5.74) is 1.97. The Balaban J connectivity index is 1.80. The molecular formula is C18H17IN2O4S. The predicted octanol–water partition coefficient (Wildman–Crippen LogP) is 4.67. The fourth-order valence-electron chi connectivity index (χ4n) is 2.47. The Kier molecular flexibility index (Phi) is 6.36. The van der Waals surface area contributed by atoms with E-state index in [4.69, 9.17) is 9.47 Å². The first kappa shape index (κ1) is 19.0. The van der Waals surface area contributed by atoms with Gasteiger partial charge >= 0.3 is 0 Å². The molecule has 0 bridgehead atoms. The van der Waals surface area contributed by atoms with E-state index in [-0.39, 0.29) is 5.69 Å². The number of nitro groups is 1. The van der Waals surface area contributed by atoms with Gasteiger partial charge in [-0.25, -0.2) is 0 Å². The van der Waals surface area contributed by atoms with Gasteiger partial charge in [-0.15, -0.1) is 11.8 Å². The van der Waals surface area contributed by atoms with E-state index in [1.807, 2.05) is 19.1 Å². The quantitative estimate of drug-likeness (QED) is 0.325. The topological polar surface area (TPSA) is 74.0 Å². The number of nitrogens with zero attached hydrogens (tertiary/aromatic N) is 2. The third-order valence-electron chi connectivity index (χ3n) is 3.67. The van der Waals surface area contributed by atoms with Crippen molar-refractivity contribution in [3.63, 3.8) is 0 Å². The standard InChI is InChI=1S/C18H17IN2O4S/c1-2-24-16-10-13(18-20-7-8-26-18)9-15(19)17(16)25-11-12-3-5-14(6-4-12)21(22)23/h3-6,9-10H,2,7-8,11H2,1H3. The molecule has 0 fully saturated rings. The number of thioether (sulfide) groups is 1. The molecular weight excluding hydrogens is 467 g/mol. The number of non-ortho nitro benzene ring substituents is 1. The highest BCUT2D eigenvalue weighted by Gasteiger charge is 2.17. The number of rotatable bonds is 7. The van der Waals surface area contributed by atoms with Crippen LogP contribution in [0.3, 0.4) is 0 Å². The first-order chi connectivity index (χ1) is 12.6. The zero-order chi connectivity index (χ0) is 18.5. The normalized spacial score (nSPS) is 13.4. The van der Waals surface area contributed by atoms with Gasteiger partial charge in [0.25, 0.3) is 5.69 Å². The van der Waals surface area contributed by atoms with Crippen molar-refractivity contribution in [3.05, 3.63) is 61.2 Å². The van der Waals surface area contributed by atoms with Crippen LogP contribution in [0.25, 0.3) is 0 Å². The highest BCUT2D eigenvalue weighted by molar-refractivity contribution is 14.1. The van der Waals surface area contributed by atoms with Crippen molar-refractivity contribution in [2.24, 2.45) is 4.99 Å². The van der Waals surface area contributed by atoms with Crippen molar-refractivity contribution in [1.29, 1.82) is 0 Å². The molecule has 0 radical (unpaired) electrons. The maximum Gasteiger partial charge on any atom is 0.269 e. The molecule has 0 aliphatic carbocycles. The summed E-state index contributed by atoms with van der Waals surface area (Å²) in [6, 6.07) is 10.4. The summed E-state index contributed by atoms with van der Waals surface area (Å²) in [6.07, 6.45) is 0. The van der Waals surface area contributed by atoms with Crippen LogP contribution < -0.4 is 9.47 Å². The Hall–Kier alpha value is -1.81. The van der Waals surface area contributed by atoms with Gasteiger partial charge in [0.15, 0.2) is 11.5 Å². The van der Waals surface area contributed by atoms with Crippen molar-refractivity contribution >= 4 is 45.1 Å². The second-order valence-electron chi connectivity index (χ2n) is 5.47. The predicted molar refractivity (Wildman–Crippen MR) is 112 cm³/mol. The van der Waals surface area contributed by atoms with Crippen LogP contribution in [0.5, 0.6) is 11.5 Å². The molecule has 3 rings (SSSR count). The fourth-order valence-corrected chi connectivity index (χ4v) is 4.07. The van der Waals surface area contributed by atoms with Gasteiger partial charge in [-0.3, -0.25) is 15.1 Å². The number of aliphatic imine (C=N–C) groups is 1. The number of halogens is 1. The first-order valence-electron chi connectivity index (χ1n) is 8.08. The number of benzene rings is 2. The highest BCUT2D eigenvalue weighted by Crippen LogP contribution is 2.36. The van der Waals surface area contributed by atoms with Crippen LogP contribution in [0.15, 0.2) is 41.4 Å². The smallest absolute Gasteiger partial charge is 0.269 e. The Morgan fingerprint density at radius 2 is 2.04 bits per heavy atom. The Morgan fingerprint density at radius 1 is 1.27 bits per heavy atom. The fraction of sp³-hybridized carbons (Fsp3) is 0.278. The lowest BCUT2D eigenvalue weighted by Crippen LogP contribution is -2.04. The van der Waals surface area contributed by atoms with Crippen molar-refractivity contribution in [1.82, 2.24) is 0 Å². The molecule has 6 nitrogen and oxygen atoms in total. The minimum absolute atomic E-state index is 0.0672. The molecule has 0 unspecified atom stereocenters. The van der Waals surface area contributed by atoms with Crippen LogP contribution in [0.2, 0.25) is 0 Å².